The normalized spacial score (nSPS) is 17.7. The number of non-ortho nitro benzene ring substituents is 1. The molecule has 1 aromatic rings. The summed E-state index contributed by atoms with van der Waals surface area (Å²) in [6, 6.07) is 3.20. The number of carbonyl (C=O) groups excluding carboxylic acids is 1. The second kappa shape index (κ2) is 7.05. The van der Waals surface area contributed by atoms with Crippen LogP contribution in [0.15, 0.2) is 18.2 Å². The van der Waals surface area contributed by atoms with Gasteiger partial charge in [-0.25, -0.2) is 0 Å². The molecule has 1 aliphatic heterocycles. The van der Waals surface area contributed by atoms with Crippen LogP contribution in [0, 0.1) is 10.1 Å². The van der Waals surface area contributed by atoms with Crippen molar-refractivity contribution in [2.24, 2.45) is 0 Å². The SMILES string of the molecule is COc1cc([N+](=O)[O-])ccc1NC(=O)CN1CCCC1C(=O)O. The number of amides is 1. The minimum absolute atomic E-state index is 0.0584. The average molecular weight is 323 g/mol. The largest absolute Gasteiger partial charge is 0.494 e. The lowest BCUT2D eigenvalue weighted by Crippen LogP contribution is -2.40. The Balaban J connectivity index is 2.05. The predicted octanol–water partition coefficient (Wildman–Crippen LogP) is 1.09. The van der Waals surface area contributed by atoms with Crippen LogP contribution in [0.4, 0.5) is 11.4 Å². The van der Waals surface area contributed by atoms with Gasteiger partial charge in [0.2, 0.25) is 5.91 Å². The van der Waals surface area contributed by atoms with Gasteiger partial charge in [-0.2, -0.15) is 0 Å². The van der Waals surface area contributed by atoms with Gasteiger partial charge in [0, 0.05) is 6.07 Å². The molecule has 0 saturated carbocycles. The average Bonchev–Trinajstić information content (AvgIpc) is 2.95. The summed E-state index contributed by atoms with van der Waals surface area (Å²) < 4.78 is 5.04. The molecule has 2 rings (SSSR count). The molecule has 124 valence electrons. The number of anilines is 1. The van der Waals surface area contributed by atoms with E-state index in [1.165, 1.54) is 25.3 Å². The van der Waals surface area contributed by atoms with Crippen molar-refractivity contribution in [3.63, 3.8) is 0 Å². The number of hydrogen-bond donors (Lipinski definition) is 2. The van der Waals surface area contributed by atoms with Crippen LogP contribution in [-0.2, 0) is 9.59 Å². The third-order valence-corrected chi connectivity index (χ3v) is 3.67. The summed E-state index contributed by atoms with van der Waals surface area (Å²) in [7, 11) is 1.34. The van der Waals surface area contributed by atoms with Crippen LogP contribution >= 0.6 is 0 Å². The molecule has 1 heterocycles. The standard InChI is InChI=1S/C14H17N3O6/c1-23-12-7-9(17(21)22)4-5-10(12)15-13(18)8-16-6-2-3-11(16)14(19)20/h4-5,7,11H,2-3,6,8H2,1H3,(H,15,18)(H,19,20). The van der Waals surface area contributed by atoms with E-state index in [1.54, 1.807) is 4.90 Å². The molecule has 0 bridgehead atoms. The van der Waals surface area contributed by atoms with Crippen molar-refractivity contribution in [2.45, 2.75) is 18.9 Å². The fourth-order valence-corrected chi connectivity index (χ4v) is 2.57. The van der Waals surface area contributed by atoms with Gasteiger partial charge in [-0.15, -0.1) is 0 Å². The van der Waals surface area contributed by atoms with E-state index in [9.17, 15) is 19.7 Å². The summed E-state index contributed by atoms with van der Waals surface area (Å²) in [5, 5.41) is 22.4. The molecule has 1 fully saturated rings. The molecule has 0 aliphatic carbocycles. The number of hydrogen-bond acceptors (Lipinski definition) is 6. The van der Waals surface area contributed by atoms with Crippen LogP contribution in [0.5, 0.6) is 5.75 Å². The van der Waals surface area contributed by atoms with Crippen LogP contribution in [0.3, 0.4) is 0 Å². The van der Waals surface area contributed by atoms with Crippen molar-refractivity contribution in [3.8, 4) is 5.75 Å². The molecule has 1 unspecified atom stereocenters. The van der Waals surface area contributed by atoms with E-state index in [4.69, 9.17) is 9.84 Å². The second-order valence-corrected chi connectivity index (χ2v) is 5.16. The molecule has 9 heteroatoms. The Morgan fingerprint density at radius 3 is 2.87 bits per heavy atom. The maximum absolute atomic E-state index is 12.1. The van der Waals surface area contributed by atoms with E-state index in [0.717, 1.165) is 6.42 Å². The highest BCUT2D eigenvalue weighted by atomic mass is 16.6. The summed E-state index contributed by atoms with van der Waals surface area (Å²) in [6.45, 7) is 0.485. The number of carbonyl (C=O) groups is 2. The number of nitrogens with one attached hydrogen (secondary N) is 1. The Morgan fingerprint density at radius 2 is 2.26 bits per heavy atom. The number of ether oxygens (including phenoxy) is 1. The first kappa shape index (κ1) is 16.7. The topological polar surface area (TPSA) is 122 Å². The van der Waals surface area contributed by atoms with Crippen LogP contribution in [0.25, 0.3) is 0 Å². The Kier molecular flexibility index (Phi) is 5.12. The van der Waals surface area contributed by atoms with Gasteiger partial charge in [-0.3, -0.25) is 24.6 Å². The van der Waals surface area contributed by atoms with Gasteiger partial charge < -0.3 is 15.2 Å². The summed E-state index contributed by atoms with van der Waals surface area (Å²) in [5.74, 6) is -1.17. The third-order valence-electron chi connectivity index (χ3n) is 3.67. The number of likely N-dealkylation sites (tertiary alicyclic amines) is 1. The van der Waals surface area contributed by atoms with Crippen LogP contribution in [0.2, 0.25) is 0 Å². The zero-order valence-corrected chi connectivity index (χ0v) is 12.5. The van der Waals surface area contributed by atoms with E-state index < -0.39 is 22.8 Å². The first-order valence-corrected chi connectivity index (χ1v) is 7.01. The number of carboxylic acids is 1. The first-order chi connectivity index (χ1) is 10.9. The number of carboxylic acid groups (broad SMARTS) is 1. The molecule has 0 radical (unpaired) electrons. The number of benzene rings is 1. The highest BCUT2D eigenvalue weighted by molar-refractivity contribution is 5.94. The number of rotatable bonds is 6. The summed E-state index contributed by atoms with van der Waals surface area (Å²) in [6.07, 6.45) is 1.24. The highest BCUT2D eigenvalue weighted by Gasteiger charge is 2.31. The minimum atomic E-state index is -0.941. The van der Waals surface area contributed by atoms with E-state index in [0.29, 0.717) is 18.7 Å². The predicted molar refractivity (Wildman–Crippen MR) is 80.5 cm³/mol. The smallest absolute Gasteiger partial charge is 0.320 e. The summed E-state index contributed by atoms with van der Waals surface area (Å²) in [4.78, 5) is 35.0. The van der Waals surface area contributed by atoms with Crippen LogP contribution < -0.4 is 10.1 Å². The van der Waals surface area contributed by atoms with Crippen molar-refractivity contribution in [2.75, 3.05) is 25.5 Å². The van der Waals surface area contributed by atoms with Crippen LogP contribution in [-0.4, -0.2) is 53.0 Å². The van der Waals surface area contributed by atoms with Gasteiger partial charge >= 0.3 is 5.97 Å². The van der Waals surface area contributed by atoms with Gasteiger partial charge in [0.15, 0.2) is 0 Å². The van der Waals surface area contributed by atoms with Crippen molar-refractivity contribution >= 4 is 23.3 Å². The molecule has 1 saturated heterocycles. The Labute approximate surface area is 132 Å². The Bertz CT molecular complexity index is 633. The summed E-state index contributed by atoms with van der Waals surface area (Å²) >= 11 is 0. The molecule has 1 aromatic carbocycles. The molecule has 1 amide bonds. The van der Waals surface area contributed by atoms with Gasteiger partial charge in [-0.05, 0) is 25.5 Å². The lowest BCUT2D eigenvalue weighted by Gasteiger charge is -2.20. The maximum atomic E-state index is 12.1. The number of nitro groups is 1. The molecule has 0 spiro atoms. The number of nitrogens with zero attached hydrogens (tertiary/aromatic N) is 2. The van der Waals surface area contributed by atoms with E-state index in [1.807, 2.05) is 0 Å². The number of nitro benzene ring substituents is 1. The Hall–Kier alpha value is -2.68. The van der Waals surface area contributed by atoms with Crippen LogP contribution in [0.1, 0.15) is 12.8 Å². The molecule has 9 nitrogen and oxygen atoms in total. The first-order valence-electron chi connectivity index (χ1n) is 7.01. The molecule has 1 atom stereocenters. The maximum Gasteiger partial charge on any atom is 0.320 e. The van der Waals surface area contributed by atoms with E-state index in [2.05, 4.69) is 5.32 Å². The lowest BCUT2D eigenvalue weighted by molar-refractivity contribution is -0.384. The summed E-state index contributed by atoms with van der Waals surface area (Å²) in [5.41, 5.74) is 0.152. The van der Waals surface area contributed by atoms with E-state index in [-0.39, 0.29) is 18.0 Å². The van der Waals surface area contributed by atoms with Gasteiger partial charge in [0.1, 0.15) is 11.8 Å². The van der Waals surface area contributed by atoms with Gasteiger partial charge in [0.25, 0.3) is 5.69 Å². The third kappa shape index (κ3) is 3.95. The fourth-order valence-electron chi connectivity index (χ4n) is 2.57. The number of aliphatic carboxylic acids is 1. The van der Waals surface area contributed by atoms with Crippen molar-refractivity contribution in [1.82, 2.24) is 4.90 Å². The second-order valence-electron chi connectivity index (χ2n) is 5.16. The fraction of sp³-hybridized carbons (Fsp3) is 0.429. The highest BCUT2D eigenvalue weighted by Crippen LogP contribution is 2.29. The molecule has 0 aromatic heterocycles. The molecule has 2 N–H and O–H groups in total. The molecular weight excluding hydrogens is 306 g/mol. The molecule has 1 aliphatic rings. The van der Waals surface area contributed by atoms with Crippen molar-refractivity contribution in [3.05, 3.63) is 28.3 Å². The quantitative estimate of drug-likeness (QED) is 0.593. The van der Waals surface area contributed by atoms with Gasteiger partial charge in [0.05, 0.1) is 30.3 Å². The zero-order valence-electron chi connectivity index (χ0n) is 12.5. The monoisotopic (exact) mass is 323 g/mol. The molecule has 23 heavy (non-hydrogen) atoms. The Morgan fingerprint density at radius 1 is 1.52 bits per heavy atom. The number of methoxy groups -OCH3 is 1. The molecular formula is C14H17N3O6. The lowest BCUT2D eigenvalue weighted by atomic mass is 10.2. The van der Waals surface area contributed by atoms with E-state index >= 15 is 0 Å². The zero-order chi connectivity index (χ0) is 17.0. The van der Waals surface area contributed by atoms with Crippen molar-refractivity contribution < 1.29 is 24.4 Å². The van der Waals surface area contributed by atoms with Gasteiger partial charge in [-0.1, -0.05) is 0 Å². The van der Waals surface area contributed by atoms with Crippen molar-refractivity contribution in [1.29, 1.82) is 0 Å². The minimum Gasteiger partial charge on any atom is -0.494 e.